The summed E-state index contributed by atoms with van der Waals surface area (Å²) in [5.41, 5.74) is 2.38. The minimum atomic E-state index is -0.191. The largest absolute Gasteiger partial charge is 0.313 e. The van der Waals surface area contributed by atoms with E-state index >= 15 is 0 Å². The molecular weight excluding hydrogens is 213 g/mol. The van der Waals surface area contributed by atoms with Crippen molar-refractivity contribution in [3.63, 3.8) is 0 Å². The maximum Gasteiger partial charge on any atom is 0.123 e. The van der Waals surface area contributed by atoms with Crippen molar-refractivity contribution in [1.29, 1.82) is 0 Å². The first-order valence-corrected chi connectivity index (χ1v) is 5.76. The Kier molecular flexibility index (Phi) is 3.89. The Labute approximate surface area is 101 Å². The molecule has 0 bridgehead atoms. The number of rotatable bonds is 4. The molecule has 1 unspecified atom stereocenters. The zero-order valence-electron chi connectivity index (χ0n) is 9.86. The Morgan fingerprint density at radius 1 is 1.00 bits per heavy atom. The summed E-state index contributed by atoms with van der Waals surface area (Å²) in [4.78, 5) is 0. The highest BCUT2D eigenvalue weighted by molar-refractivity contribution is 5.24. The summed E-state index contributed by atoms with van der Waals surface area (Å²) >= 11 is 0. The second-order valence-corrected chi connectivity index (χ2v) is 4.08. The van der Waals surface area contributed by atoms with Crippen molar-refractivity contribution in [3.8, 4) is 0 Å². The molecule has 1 N–H and O–H groups in total. The van der Waals surface area contributed by atoms with Gasteiger partial charge in [-0.3, -0.25) is 0 Å². The Morgan fingerprint density at radius 3 is 2.24 bits per heavy atom. The average Bonchev–Trinajstić information content (AvgIpc) is 2.38. The first kappa shape index (κ1) is 11.8. The van der Waals surface area contributed by atoms with E-state index in [1.54, 1.807) is 0 Å². The van der Waals surface area contributed by atoms with Crippen LogP contribution >= 0.6 is 0 Å². The predicted molar refractivity (Wildman–Crippen MR) is 68.3 cm³/mol. The number of benzene rings is 2. The molecule has 0 amide bonds. The summed E-state index contributed by atoms with van der Waals surface area (Å²) in [6, 6.07) is 17.2. The van der Waals surface area contributed by atoms with Gasteiger partial charge in [0.25, 0.3) is 0 Å². The first-order chi connectivity index (χ1) is 8.29. The summed E-state index contributed by atoms with van der Waals surface area (Å²) in [7, 11) is 1.93. The standard InChI is InChI=1S/C15H16FN/c1-17-15(11-12-5-3-2-4-6-12)13-7-9-14(16)10-8-13/h2-10,15,17H,11H2,1H3. The van der Waals surface area contributed by atoms with Crippen LogP contribution in [0.5, 0.6) is 0 Å². The molecule has 2 rings (SSSR count). The predicted octanol–water partition coefficient (Wildman–Crippen LogP) is 3.33. The van der Waals surface area contributed by atoms with Crippen molar-refractivity contribution in [1.82, 2.24) is 5.32 Å². The lowest BCUT2D eigenvalue weighted by molar-refractivity contribution is 0.586. The molecule has 2 heteroatoms. The fraction of sp³-hybridized carbons (Fsp3) is 0.200. The van der Waals surface area contributed by atoms with Crippen LogP contribution in [0.4, 0.5) is 4.39 Å². The van der Waals surface area contributed by atoms with E-state index in [1.165, 1.54) is 17.7 Å². The van der Waals surface area contributed by atoms with E-state index in [2.05, 4.69) is 17.4 Å². The van der Waals surface area contributed by atoms with Gasteiger partial charge in [-0.15, -0.1) is 0 Å². The Hall–Kier alpha value is -1.67. The van der Waals surface area contributed by atoms with E-state index in [0.29, 0.717) is 0 Å². The quantitative estimate of drug-likeness (QED) is 0.848. The summed E-state index contributed by atoms with van der Waals surface area (Å²) in [5.74, 6) is -0.191. The van der Waals surface area contributed by atoms with Gasteiger partial charge < -0.3 is 5.32 Å². The van der Waals surface area contributed by atoms with Gasteiger partial charge in [0.1, 0.15) is 5.82 Å². The third-order valence-electron chi connectivity index (χ3n) is 2.90. The highest BCUT2D eigenvalue weighted by Crippen LogP contribution is 2.18. The number of halogens is 1. The molecule has 0 saturated carbocycles. The minimum Gasteiger partial charge on any atom is -0.313 e. The molecule has 1 nitrogen and oxygen atoms in total. The van der Waals surface area contributed by atoms with Gasteiger partial charge in [0, 0.05) is 6.04 Å². The van der Waals surface area contributed by atoms with Crippen LogP contribution in [0, 0.1) is 5.82 Å². The number of likely N-dealkylation sites (N-methyl/N-ethyl adjacent to an activating group) is 1. The first-order valence-electron chi connectivity index (χ1n) is 5.76. The van der Waals surface area contributed by atoms with Crippen LogP contribution in [0.25, 0.3) is 0 Å². The molecule has 88 valence electrons. The SMILES string of the molecule is CNC(Cc1ccccc1)c1ccc(F)cc1. The van der Waals surface area contributed by atoms with Gasteiger partial charge in [-0.05, 0) is 36.7 Å². The maximum atomic E-state index is 12.9. The van der Waals surface area contributed by atoms with Crippen molar-refractivity contribution in [2.24, 2.45) is 0 Å². The lowest BCUT2D eigenvalue weighted by atomic mass is 9.99. The molecule has 0 spiro atoms. The molecule has 2 aromatic rings. The van der Waals surface area contributed by atoms with Crippen LogP contribution < -0.4 is 5.32 Å². The molecule has 1 atom stereocenters. The molecule has 0 saturated heterocycles. The Morgan fingerprint density at radius 2 is 1.65 bits per heavy atom. The van der Waals surface area contributed by atoms with Crippen molar-refractivity contribution >= 4 is 0 Å². The lowest BCUT2D eigenvalue weighted by Gasteiger charge is -2.16. The smallest absolute Gasteiger partial charge is 0.123 e. The van der Waals surface area contributed by atoms with E-state index in [4.69, 9.17) is 0 Å². The molecule has 17 heavy (non-hydrogen) atoms. The highest BCUT2D eigenvalue weighted by Gasteiger charge is 2.09. The topological polar surface area (TPSA) is 12.0 Å². The molecule has 0 heterocycles. The van der Waals surface area contributed by atoms with Gasteiger partial charge in [-0.2, -0.15) is 0 Å². The molecular formula is C15H16FN. The van der Waals surface area contributed by atoms with Crippen LogP contribution in [-0.2, 0) is 6.42 Å². The normalized spacial score (nSPS) is 12.4. The molecule has 2 aromatic carbocycles. The van der Waals surface area contributed by atoms with Gasteiger partial charge in [-0.1, -0.05) is 42.5 Å². The summed E-state index contributed by atoms with van der Waals surface area (Å²) in [6.45, 7) is 0. The average molecular weight is 229 g/mol. The van der Waals surface area contributed by atoms with Crippen molar-refractivity contribution in [2.75, 3.05) is 7.05 Å². The number of nitrogens with one attached hydrogen (secondary N) is 1. The van der Waals surface area contributed by atoms with E-state index in [0.717, 1.165) is 12.0 Å². The van der Waals surface area contributed by atoms with Crippen molar-refractivity contribution in [2.45, 2.75) is 12.5 Å². The zero-order valence-corrected chi connectivity index (χ0v) is 9.86. The molecule has 0 aliphatic rings. The Balaban J connectivity index is 2.14. The second kappa shape index (κ2) is 5.60. The maximum absolute atomic E-state index is 12.9. The molecule has 0 fully saturated rings. The minimum absolute atomic E-state index is 0.191. The Bertz CT molecular complexity index is 450. The lowest BCUT2D eigenvalue weighted by Crippen LogP contribution is -2.18. The van der Waals surface area contributed by atoms with Crippen LogP contribution in [0.1, 0.15) is 17.2 Å². The van der Waals surface area contributed by atoms with Gasteiger partial charge >= 0.3 is 0 Å². The van der Waals surface area contributed by atoms with E-state index in [1.807, 2.05) is 37.4 Å². The van der Waals surface area contributed by atoms with Crippen LogP contribution in [0.15, 0.2) is 54.6 Å². The molecule has 0 aromatic heterocycles. The van der Waals surface area contributed by atoms with E-state index in [9.17, 15) is 4.39 Å². The molecule has 0 aliphatic carbocycles. The van der Waals surface area contributed by atoms with Gasteiger partial charge in [0.05, 0.1) is 0 Å². The fourth-order valence-corrected chi connectivity index (χ4v) is 1.93. The second-order valence-electron chi connectivity index (χ2n) is 4.08. The van der Waals surface area contributed by atoms with Gasteiger partial charge in [-0.25, -0.2) is 4.39 Å². The van der Waals surface area contributed by atoms with Crippen molar-refractivity contribution in [3.05, 3.63) is 71.5 Å². The summed E-state index contributed by atoms with van der Waals surface area (Å²) in [6.07, 6.45) is 0.906. The van der Waals surface area contributed by atoms with E-state index < -0.39 is 0 Å². The van der Waals surface area contributed by atoms with Gasteiger partial charge in [0.15, 0.2) is 0 Å². The number of hydrogen-bond acceptors (Lipinski definition) is 1. The molecule has 0 radical (unpaired) electrons. The number of hydrogen-bond donors (Lipinski definition) is 1. The zero-order chi connectivity index (χ0) is 12.1. The monoisotopic (exact) mass is 229 g/mol. The van der Waals surface area contributed by atoms with E-state index in [-0.39, 0.29) is 11.9 Å². The van der Waals surface area contributed by atoms with Crippen LogP contribution in [-0.4, -0.2) is 7.05 Å². The summed E-state index contributed by atoms with van der Waals surface area (Å²) in [5, 5.41) is 3.26. The van der Waals surface area contributed by atoms with Crippen LogP contribution in [0.3, 0.4) is 0 Å². The molecule has 0 aliphatic heterocycles. The van der Waals surface area contributed by atoms with Gasteiger partial charge in [0.2, 0.25) is 0 Å². The summed E-state index contributed by atoms with van der Waals surface area (Å²) < 4.78 is 12.9. The van der Waals surface area contributed by atoms with Crippen molar-refractivity contribution < 1.29 is 4.39 Å². The highest BCUT2D eigenvalue weighted by atomic mass is 19.1. The third-order valence-corrected chi connectivity index (χ3v) is 2.90. The fourth-order valence-electron chi connectivity index (χ4n) is 1.93. The van der Waals surface area contributed by atoms with Crippen LogP contribution in [0.2, 0.25) is 0 Å². The third kappa shape index (κ3) is 3.14.